The van der Waals surface area contributed by atoms with Gasteiger partial charge in [0, 0.05) is 6.20 Å². The van der Waals surface area contributed by atoms with E-state index in [1.165, 1.54) is 6.26 Å². The molecule has 2 heterocycles. The van der Waals surface area contributed by atoms with Gasteiger partial charge in [-0.3, -0.25) is 9.39 Å². The number of rotatable bonds is 7. The largest absolute Gasteiger partial charge is 0.497 e. The molecule has 0 fully saturated rings. The highest BCUT2D eigenvalue weighted by Crippen LogP contribution is 2.22. The van der Waals surface area contributed by atoms with Crippen molar-refractivity contribution in [1.82, 2.24) is 9.38 Å². The van der Waals surface area contributed by atoms with Crippen LogP contribution in [0.25, 0.3) is 11.3 Å². The predicted molar refractivity (Wildman–Crippen MR) is 97.0 cm³/mol. The summed E-state index contributed by atoms with van der Waals surface area (Å²) in [5.41, 5.74) is 3.13. The lowest BCUT2D eigenvalue weighted by atomic mass is 10.3. The van der Waals surface area contributed by atoms with E-state index in [-0.39, 0.29) is 6.79 Å². The fourth-order valence-corrected chi connectivity index (χ4v) is 2.48. The molecule has 6 heteroatoms. The van der Waals surface area contributed by atoms with Crippen molar-refractivity contribution in [3.63, 3.8) is 0 Å². The van der Waals surface area contributed by atoms with Gasteiger partial charge in [0.05, 0.1) is 18.5 Å². The zero-order valence-electron chi connectivity index (χ0n) is 14.2. The van der Waals surface area contributed by atoms with Crippen molar-refractivity contribution >= 4 is 18.1 Å². The van der Waals surface area contributed by atoms with Gasteiger partial charge in [0.15, 0.2) is 0 Å². The van der Waals surface area contributed by atoms with Crippen LogP contribution in [0.5, 0.6) is 11.5 Å². The summed E-state index contributed by atoms with van der Waals surface area (Å²) in [4.78, 5) is 8.57. The second kappa shape index (κ2) is 7.53. The Morgan fingerprint density at radius 1 is 1.20 bits per heavy atom. The van der Waals surface area contributed by atoms with Crippen LogP contribution in [0.15, 0.2) is 59.9 Å². The summed E-state index contributed by atoms with van der Waals surface area (Å²) in [5.74, 6) is 1.46. The van der Waals surface area contributed by atoms with Gasteiger partial charge in [-0.25, -0.2) is 4.98 Å². The molecule has 3 aromatic rings. The topological polar surface area (TPSA) is 57.3 Å². The van der Waals surface area contributed by atoms with Gasteiger partial charge in [-0.05, 0) is 50.0 Å². The minimum absolute atomic E-state index is 0.0567. The van der Waals surface area contributed by atoms with Gasteiger partial charge in [-0.1, -0.05) is 6.07 Å². The van der Waals surface area contributed by atoms with Crippen LogP contribution < -0.4 is 9.47 Å². The molecule has 0 aliphatic rings. The molecular formula is C19H19N3O3. The zero-order valence-corrected chi connectivity index (χ0v) is 14.2. The van der Waals surface area contributed by atoms with Crippen LogP contribution in [-0.2, 0) is 4.74 Å². The first-order valence-electron chi connectivity index (χ1n) is 7.72. The van der Waals surface area contributed by atoms with Gasteiger partial charge >= 0.3 is 0 Å². The molecule has 0 radical (unpaired) electrons. The fourth-order valence-electron chi connectivity index (χ4n) is 2.48. The molecule has 6 nitrogen and oxygen atoms in total. The Morgan fingerprint density at radius 2 is 1.96 bits per heavy atom. The molecule has 0 atom stereocenters. The smallest absolute Gasteiger partial charge is 0.230 e. The molecule has 0 saturated heterocycles. The molecule has 1 aromatic carbocycles. The molecule has 0 aliphatic carbocycles. The number of nitrogens with zero attached hydrogens (tertiary/aromatic N) is 3. The lowest BCUT2D eigenvalue weighted by molar-refractivity contribution is 0.0806. The number of benzene rings is 1. The molecule has 128 valence electrons. The fraction of sp³-hybridized carbons (Fsp3) is 0.158. The van der Waals surface area contributed by atoms with Crippen molar-refractivity contribution in [3.8, 4) is 11.5 Å². The summed E-state index contributed by atoms with van der Waals surface area (Å²) in [5, 5.41) is 0. The van der Waals surface area contributed by atoms with Gasteiger partial charge in [0.2, 0.25) is 6.79 Å². The summed E-state index contributed by atoms with van der Waals surface area (Å²) < 4.78 is 18.1. The van der Waals surface area contributed by atoms with Crippen LogP contribution in [0.1, 0.15) is 11.4 Å². The van der Waals surface area contributed by atoms with Crippen LogP contribution in [0.3, 0.4) is 0 Å². The summed E-state index contributed by atoms with van der Waals surface area (Å²) in [7, 11) is 1.62. The Balaban J connectivity index is 1.70. The van der Waals surface area contributed by atoms with E-state index in [0.29, 0.717) is 11.4 Å². The third-order valence-electron chi connectivity index (χ3n) is 3.67. The number of hydrogen-bond donors (Lipinski definition) is 0. The van der Waals surface area contributed by atoms with Crippen LogP contribution in [0, 0.1) is 6.92 Å². The average Bonchev–Trinajstić information content (AvgIpc) is 2.98. The molecule has 25 heavy (non-hydrogen) atoms. The maximum absolute atomic E-state index is 5.53. The summed E-state index contributed by atoms with van der Waals surface area (Å²) in [6.45, 7) is 5.61. The number of pyridine rings is 1. The van der Waals surface area contributed by atoms with E-state index in [1.54, 1.807) is 7.11 Å². The summed E-state index contributed by atoms with van der Waals surface area (Å²) in [6, 6.07) is 13.1. The number of aryl methyl sites for hydroxylation is 1. The van der Waals surface area contributed by atoms with Gasteiger partial charge in [-0.15, -0.1) is 0 Å². The van der Waals surface area contributed by atoms with Gasteiger partial charge in [0.1, 0.15) is 29.1 Å². The quantitative estimate of drug-likeness (QED) is 0.285. The number of imidazole rings is 1. The van der Waals surface area contributed by atoms with Crippen LogP contribution in [0.2, 0.25) is 0 Å². The Labute approximate surface area is 146 Å². The maximum Gasteiger partial charge on any atom is 0.230 e. The Hall–Kier alpha value is -3.28. The molecule has 0 spiro atoms. The molecule has 0 saturated carbocycles. The lowest BCUT2D eigenvalue weighted by Crippen LogP contribution is -2.00. The monoisotopic (exact) mass is 337 g/mol. The standard InChI is InChI=1S/C19H19N3O3/c1-14-19(22-11-5-4-6-18(22)21-14)17(20-2)12-24-13-25-16-9-7-15(23-3)8-10-16/h4-12H,2,13H2,1,3H3/b17-12-. The van der Waals surface area contributed by atoms with E-state index in [2.05, 4.69) is 16.7 Å². The van der Waals surface area contributed by atoms with Gasteiger partial charge in [-0.2, -0.15) is 0 Å². The number of ether oxygens (including phenoxy) is 3. The second-order valence-electron chi connectivity index (χ2n) is 5.24. The highest BCUT2D eigenvalue weighted by atomic mass is 16.7. The molecule has 0 aliphatic heterocycles. The van der Waals surface area contributed by atoms with Crippen molar-refractivity contribution in [2.24, 2.45) is 4.99 Å². The van der Waals surface area contributed by atoms with E-state index in [9.17, 15) is 0 Å². The van der Waals surface area contributed by atoms with E-state index < -0.39 is 0 Å². The number of hydrogen-bond acceptors (Lipinski definition) is 5. The van der Waals surface area contributed by atoms with E-state index >= 15 is 0 Å². The first kappa shape index (κ1) is 16.6. The molecule has 0 amide bonds. The van der Waals surface area contributed by atoms with Gasteiger partial charge < -0.3 is 14.2 Å². The highest BCUT2D eigenvalue weighted by Gasteiger charge is 2.12. The highest BCUT2D eigenvalue weighted by molar-refractivity contribution is 5.69. The van der Waals surface area contributed by atoms with Crippen molar-refractivity contribution in [3.05, 3.63) is 66.3 Å². The van der Waals surface area contributed by atoms with Crippen LogP contribution in [0.4, 0.5) is 0 Å². The third kappa shape index (κ3) is 3.63. The first-order valence-corrected chi connectivity index (χ1v) is 7.72. The van der Waals surface area contributed by atoms with Crippen molar-refractivity contribution < 1.29 is 14.2 Å². The predicted octanol–water partition coefficient (Wildman–Crippen LogP) is 3.70. The Kier molecular flexibility index (Phi) is 4.99. The Morgan fingerprint density at radius 3 is 2.68 bits per heavy atom. The number of fused-ring (bicyclic) bond motifs is 1. The molecule has 0 N–H and O–H groups in total. The first-order chi connectivity index (χ1) is 12.2. The number of aromatic nitrogens is 2. The Bertz CT molecular complexity index is 898. The number of methoxy groups -OCH3 is 1. The van der Waals surface area contributed by atoms with Crippen molar-refractivity contribution in [1.29, 1.82) is 0 Å². The van der Waals surface area contributed by atoms with Crippen molar-refractivity contribution in [2.45, 2.75) is 6.92 Å². The van der Waals surface area contributed by atoms with E-state index in [0.717, 1.165) is 22.8 Å². The normalized spacial score (nSPS) is 11.4. The molecule has 2 aromatic heterocycles. The SMILES string of the molecule is C=N/C(=C\OCOc1ccc(OC)cc1)c1c(C)nc2ccccn12. The van der Waals surface area contributed by atoms with Crippen LogP contribution >= 0.6 is 0 Å². The molecule has 3 rings (SSSR count). The van der Waals surface area contributed by atoms with Crippen LogP contribution in [-0.4, -0.2) is 30.0 Å². The zero-order chi connectivity index (χ0) is 17.6. The molecular weight excluding hydrogens is 318 g/mol. The molecule has 0 bridgehead atoms. The molecule has 0 unspecified atom stereocenters. The third-order valence-corrected chi connectivity index (χ3v) is 3.67. The van der Waals surface area contributed by atoms with Crippen molar-refractivity contribution in [2.75, 3.05) is 13.9 Å². The number of aliphatic imine (C=N–C) groups is 1. The minimum Gasteiger partial charge on any atom is -0.497 e. The van der Waals surface area contributed by atoms with Gasteiger partial charge in [0.25, 0.3) is 0 Å². The van der Waals surface area contributed by atoms with E-state index in [4.69, 9.17) is 14.2 Å². The minimum atomic E-state index is 0.0567. The van der Waals surface area contributed by atoms with E-state index in [1.807, 2.05) is 60.0 Å². The maximum atomic E-state index is 5.53. The summed E-state index contributed by atoms with van der Waals surface area (Å²) >= 11 is 0. The lowest BCUT2D eigenvalue weighted by Gasteiger charge is -2.08. The summed E-state index contributed by atoms with van der Waals surface area (Å²) in [6.07, 6.45) is 3.46. The second-order valence-corrected chi connectivity index (χ2v) is 5.24. The average molecular weight is 337 g/mol.